The molecule has 0 bridgehead atoms. The molecule has 2 aromatic carbocycles. The molecular weight excluding hydrogens is 366 g/mol. The van der Waals surface area contributed by atoms with E-state index < -0.39 is 5.91 Å². The Labute approximate surface area is 168 Å². The number of nitrogens with zero attached hydrogens (tertiary/aromatic N) is 2. The lowest BCUT2D eigenvalue weighted by Gasteiger charge is -2.09. The van der Waals surface area contributed by atoms with Crippen molar-refractivity contribution in [3.05, 3.63) is 88.6 Å². The number of aromatic nitrogens is 2. The number of primary amides is 1. The van der Waals surface area contributed by atoms with Gasteiger partial charge in [0, 0.05) is 40.0 Å². The van der Waals surface area contributed by atoms with Gasteiger partial charge in [-0.3, -0.25) is 4.79 Å². The summed E-state index contributed by atoms with van der Waals surface area (Å²) in [5.74, 6) is -0.428. The van der Waals surface area contributed by atoms with Crippen LogP contribution in [0.2, 0.25) is 0 Å². The molecule has 2 aromatic heterocycles. The largest absolute Gasteiger partial charge is 0.366 e. The van der Waals surface area contributed by atoms with Gasteiger partial charge in [0.1, 0.15) is 5.01 Å². The van der Waals surface area contributed by atoms with Crippen molar-refractivity contribution in [2.75, 3.05) is 0 Å². The molecule has 0 unspecified atom stereocenters. The molecule has 0 aliphatic rings. The third kappa shape index (κ3) is 3.49. The Morgan fingerprint density at radius 2 is 1.86 bits per heavy atom. The van der Waals surface area contributed by atoms with E-state index in [-0.39, 0.29) is 0 Å². The van der Waals surface area contributed by atoms with Crippen molar-refractivity contribution in [3.8, 4) is 21.8 Å². The molecule has 0 aliphatic heterocycles. The van der Waals surface area contributed by atoms with Crippen LogP contribution in [0.4, 0.5) is 0 Å². The predicted octanol–water partition coefficient (Wildman–Crippen LogP) is 5.04. The molecule has 0 aliphatic carbocycles. The molecule has 2 heterocycles. The molecule has 1 amide bonds. The minimum atomic E-state index is -0.428. The number of amides is 1. The second-order valence-electron chi connectivity index (χ2n) is 6.84. The van der Waals surface area contributed by atoms with Crippen molar-refractivity contribution in [2.24, 2.45) is 5.73 Å². The lowest BCUT2D eigenvalue weighted by atomic mass is 10.1. The quantitative estimate of drug-likeness (QED) is 0.521. The van der Waals surface area contributed by atoms with Crippen LogP contribution in [0, 0.1) is 13.8 Å². The first-order valence-electron chi connectivity index (χ1n) is 9.09. The van der Waals surface area contributed by atoms with Gasteiger partial charge in [0.2, 0.25) is 5.91 Å². The van der Waals surface area contributed by atoms with E-state index in [2.05, 4.69) is 54.1 Å². The van der Waals surface area contributed by atoms with E-state index in [1.54, 1.807) is 23.5 Å². The van der Waals surface area contributed by atoms with Crippen LogP contribution < -0.4 is 5.73 Å². The third-order valence-corrected chi connectivity index (χ3v) is 5.82. The van der Waals surface area contributed by atoms with Crippen LogP contribution in [0.3, 0.4) is 0 Å². The highest BCUT2D eigenvalue weighted by Gasteiger charge is 2.15. The number of rotatable bonds is 5. The number of nitrogens with two attached hydrogens (primary N) is 1. The molecule has 2 N–H and O–H groups in total. The molecule has 140 valence electrons. The maximum absolute atomic E-state index is 11.4. The van der Waals surface area contributed by atoms with Gasteiger partial charge in [-0.05, 0) is 37.6 Å². The van der Waals surface area contributed by atoms with Crippen molar-refractivity contribution < 1.29 is 4.79 Å². The normalized spacial score (nSPS) is 10.9. The van der Waals surface area contributed by atoms with E-state index >= 15 is 0 Å². The fourth-order valence-electron chi connectivity index (χ4n) is 3.41. The Morgan fingerprint density at radius 3 is 2.61 bits per heavy atom. The van der Waals surface area contributed by atoms with Crippen molar-refractivity contribution in [3.63, 3.8) is 0 Å². The van der Waals surface area contributed by atoms with Crippen LogP contribution in [0.5, 0.6) is 0 Å². The van der Waals surface area contributed by atoms with E-state index in [1.807, 2.05) is 18.2 Å². The lowest BCUT2D eigenvalue weighted by molar-refractivity contribution is 0.100. The molecule has 5 heteroatoms. The van der Waals surface area contributed by atoms with E-state index in [0.717, 1.165) is 28.4 Å². The van der Waals surface area contributed by atoms with Crippen LogP contribution in [0.15, 0.2) is 66.0 Å². The minimum Gasteiger partial charge on any atom is -0.366 e. The summed E-state index contributed by atoms with van der Waals surface area (Å²) >= 11 is 1.57. The minimum absolute atomic E-state index is 0.428. The average Bonchev–Trinajstić information content (AvgIpc) is 3.29. The Balaban J connectivity index is 1.67. The number of benzene rings is 2. The SMILES string of the molecule is Cc1cc(-c2csc(-c3cccc(C(N)=O)c3)n2)c(C)n1Cc1ccccc1. The van der Waals surface area contributed by atoms with Gasteiger partial charge in [0.25, 0.3) is 0 Å². The monoisotopic (exact) mass is 387 g/mol. The zero-order valence-electron chi connectivity index (χ0n) is 15.8. The fourth-order valence-corrected chi connectivity index (χ4v) is 4.22. The van der Waals surface area contributed by atoms with E-state index in [4.69, 9.17) is 10.7 Å². The second kappa shape index (κ2) is 7.44. The topological polar surface area (TPSA) is 60.9 Å². The third-order valence-electron chi connectivity index (χ3n) is 4.93. The van der Waals surface area contributed by atoms with Crippen LogP contribution in [0.1, 0.15) is 27.3 Å². The Bertz CT molecular complexity index is 1140. The van der Waals surface area contributed by atoms with Crippen molar-refractivity contribution in [1.29, 1.82) is 0 Å². The van der Waals surface area contributed by atoms with Crippen LogP contribution in [-0.4, -0.2) is 15.5 Å². The standard InChI is InChI=1S/C23H21N3OS/c1-15-11-20(16(2)26(15)13-17-7-4-3-5-8-17)21-14-28-23(25-21)19-10-6-9-18(12-19)22(24)27/h3-12,14H,13H2,1-2H3,(H2,24,27). The molecule has 4 rings (SSSR count). The summed E-state index contributed by atoms with van der Waals surface area (Å²) in [6, 6.07) is 20.0. The zero-order chi connectivity index (χ0) is 19.7. The van der Waals surface area contributed by atoms with Crippen LogP contribution >= 0.6 is 11.3 Å². The molecular formula is C23H21N3OS. The molecule has 0 radical (unpaired) electrons. The van der Waals surface area contributed by atoms with Gasteiger partial charge in [-0.25, -0.2) is 4.98 Å². The maximum atomic E-state index is 11.4. The number of hydrogen-bond acceptors (Lipinski definition) is 3. The Kier molecular flexibility index (Phi) is 4.84. The summed E-state index contributed by atoms with van der Waals surface area (Å²) in [4.78, 5) is 16.3. The van der Waals surface area contributed by atoms with Crippen molar-refractivity contribution in [2.45, 2.75) is 20.4 Å². The summed E-state index contributed by atoms with van der Waals surface area (Å²) in [5, 5.41) is 2.95. The summed E-state index contributed by atoms with van der Waals surface area (Å²) in [7, 11) is 0. The van der Waals surface area contributed by atoms with Gasteiger partial charge < -0.3 is 10.3 Å². The highest BCUT2D eigenvalue weighted by molar-refractivity contribution is 7.13. The summed E-state index contributed by atoms with van der Waals surface area (Å²) in [5.41, 5.74) is 12.6. The average molecular weight is 388 g/mol. The predicted molar refractivity (Wildman–Crippen MR) is 115 cm³/mol. The molecule has 0 fully saturated rings. The number of carbonyl (C=O) groups is 1. The lowest BCUT2D eigenvalue weighted by Crippen LogP contribution is -2.10. The van der Waals surface area contributed by atoms with Gasteiger partial charge in [-0.15, -0.1) is 11.3 Å². The van der Waals surface area contributed by atoms with Gasteiger partial charge >= 0.3 is 0 Å². The fraction of sp³-hybridized carbons (Fsp3) is 0.130. The van der Waals surface area contributed by atoms with Crippen molar-refractivity contribution >= 4 is 17.2 Å². The molecule has 0 atom stereocenters. The maximum Gasteiger partial charge on any atom is 0.248 e. The van der Waals surface area contributed by atoms with Crippen LogP contribution in [-0.2, 0) is 6.54 Å². The molecule has 28 heavy (non-hydrogen) atoms. The summed E-state index contributed by atoms with van der Waals surface area (Å²) in [6.07, 6.45) is 0. The first kappa shape index (κ1) is 18.2. The van der Waals surface area contributed by atoms with E-state index in [9.17, 15) is 4.79 Å². The molecule has 0 saturated carbocycles. The van der Waals surface area contributed by atoms with Gasteiger partial charge in [0.05, 0.1) is 5.69 Å². The van der Waals surface area contributed by atoms with E-state index in [0.29, 0.717) is 5.56 Å². The number of hydrogen-bond donors (Lipinski definition) is 1. The number of carbonyl (C=O) groups excluding carboxylic acids is 1. The number of aryl methyl sites for hydroxylation is 1. The van der Waals surface area contributed by atoms with Crippen LogP contribution in [0.25, 0.3) is 21.8 Å². The zero-order valence-corrected chi connectivity index (χ0v) is 16.7. The number of thiazole rings is 1. The van der Waals surface area contributed by atoms with Gasteiger partial charge in [0.15, 0.2) is 0 Å². The molecule has 4 aromatic rings. The highest BCUT2D eigenvalue weighted by Crippen LogP contribution is 2.32. The molecule has 0 spiro atoms. The van der Waals surface area contributed by atoms with Gasteiger partial charge in [-0.1, -0.05) is 42.5 Å². The summed E-state index contributed by atoms with van der Waals surface area (Å²) in [6.45, 7) is 5.11. The molecule has 0 saturated heterocycles. The smallest absolute Gasteiger partial charge is 0.248 e. The second-order valence-corrected chi connectivity index (χ2v) is 7.70. The first-order chi connectivity index (χ1) is 13.5. The highest BCUT2D eigenvalue weighted by atomic mass is 32.1. The Hall–Kier alpha value is -3.18. The first-order valence-corrected chi connectivity index (χ1v) is 9.97. The van der Waals surface area contributed by atoms with Crippen molar-refractivity contribution in [1.82, 2.24) is 9.55 Å². The molecule has 4 nitrogen and oxygen atoms in total. The van der Waals surface area contributed by atoms with Gasteiger partial charge in [-0.2, -0.15) is 0 Å². The van der Waals surface area contributed by atoms with E-state index in [1.165, 1.54) is 17.0 Å². The Morgan fingerprint density at radius 1 is 1.07 bits per heavy atom. The summed E-state index contributed by atoms with van der Waals surface area (Å²) < 4.78 is 2.32.